The van der Waals surface area contributed by atoms with Crippen LogP contribution in [0.5, 0.6) is 0 Å². The largest absolute Gasteiger partial charge is 0.303 e. The first-order valence-electron chi connectivity index (χ1n) is 6.29. The third-order valence-electron chi connectivity index (χ3n) is 2.97. The minimum atomic E-state index is -0.0655. The number of unbranched alkanes of at least 4 members (excludes halogenated alkanes) is 2. The lowest BCUT2D eigenvalue weighted by Gasteiger charge is -2.06. The van der Waals surface area contributed by atoms with E-state index in [-0.39, 0.29) is 5.92 Å². The second kappa shape index (κ2) is 8.68. The van der Waals surface area contributed by atoms with E-state index in [1.165, 1.54) is 5.56 Å². The van der Waals surface area contributed by atoms with Gasteiger partial charge in [0.05, 0.1) is 0 Å². The number of benzene rings is 1. The number of carbonyl (C=O) groups is 2. The molecule has 1 aromatic rings. The maximum atomic E-state index is 10.6. The van der Waals surface area contributed by atoms with Crippen LogP contribution in [0.15, 0.2) is 30.3 Å². The topological polar surface area (TPSA) is 34.1 Å². The van der Waals surface area contributed by atoms with Crippen LogP contribution in [-0.2, 0) is 16.0 Å². The predicted molar refractivity (Wildman–Crippen MR) is 68.8 cm³/mol. The summed E-state index contributed by atoms with van der Waals surface area (Å²) in [6.07, 6.45) is 7.37. The van der Waals surface area contributed by atoms with Gasteiger partial charge in [-0.05, 0) is 24.8 Å². The molecule has 0 aromatic heterocycles. The van der Waals surface area contributed by atoms with Crippen molar-refractivity contribution in [3.8, 4) is 0 Å². The fourth-order valence-corrected chi connectivity index (χ4v) is 1.92. The molecule has 0 heterocycles. The molecule has 0 saturated carbocycles. The fourth-order valence-electron chi connectivity index (χ4n) is 1.92. The van der Waals surface area contributed by atoms with E-state index in [0.29, 0.717) is 6.42 Å². The number of carbonyl (C=O) groups excluding carboxylic acids is 2. The molecule has 2 heteroatoms. The maximum Gasteiger partial charge on any atom is 0.123 e. The van der Waals surface area contributed by atoms with Crippen molar-refractivity contribution in [3.05, 3.63) is 35.9 Å². The van der Waals surface area contributed by atoms with Crippen molar-refractivity contribution < 1.29 is 9.59 Å². The van der Waals surface area contributed by atoms with Gasteiger partial charge in [0.2, 0.25) is 0 Å². The summed E-state index contributed by atoms with van der Waals surface area (Å²) in [6, 6.07) is 10.4. The molecule has 1 rings (SSSR count). The third-order valence-corrected chi connectivity index (χ3v) is 2.97. The molecule has 0 amide bonds. The number of aldehydes is 2. The van der Waals surface area contributed by atoms with E-state index in [2.05, 4.69) is 24.3 Å². The molecule has 0 aliphatic carbocycles. The number of hydrogen-bond donors (Lipinski definition) is 0. The van der Waals surface area contributed by atoms with E-state index in [0.717, 1.165) is 44.7 Å². The van der Waals surface area contributed by atoms with Crippen LogP contribution in [0.1, 0.15) is 37.7 Å². The molecule has 0 fully saturated rings. The van der Waals surface area contributed by atoms with Gasteiger partial charge in [-0.2, -0.15) is 0 Å². The Morgan fingerprint density at radius 2 is 1.76 bits per heavy atom. The van der Waals surface area contributed by atoms with Crippen LogP contribution in [0, 0.1) is 5.92 Å². The summed E-state index contributed by atoms with van der Waals surface area (Å²) in [6.45, 7) is 0. The van der Waals surface area contributed by atoms with Crippen molar-refractivity contribution in [1.29, 1.82) is 0 Å². The molecule has 0 N–H and O–H groups in total. The first-order chi connectivity index (χ1) is 8.36. The Bertz CT molecular complexity index is 319. The minimum absolute atomic E-state index is 0.0655. The van der Waals surface area contributed by atoms with Crippen LogP contribution in [-0.4, -0.2) is 12.6 Å². The predicted octanol–water partition coefficient (Wildman–Crippen LogP) is 3.19. The Labute approximate surface area is 103 Å². The normalized spacial score (nSPS) is 12.0. The molecular formula is C15H20O2. The van der Waals surface area contributed by atoms with Crippen LogP contribution in [0.2, 0.25) is 0 Å². The molecule has 1 aromatic carbocycles. The van der Waals surface area contributed by atoms with E-state index in [9.17, 15) is 9.59 Å². The molecular weight excluding hydrogens is 212 g/mol. The second-order valence-corrected chi connectivity index (χ2v) is 4.38. The quantitative estimate of drug-likeness (QED) is 0.484. The molecule has 0 aliphatic heterocycles. The average Bonchev–Trinajstić information content (AvgIpc) is 2.38. The first-order valence-corrected chi connectivity index (χ1v) is 6.29. The highest BCUT2D eigenvalue weighted by Gasteiger charge is 2.05. The van der Waals surface area contributed by atoms with Crippen LogP contribution >= 0.6 is 0 Å². The second-order valence-electron chi connectivity index (χ2n) is 4.38. The van der Waals surface area contributed by atoms with Gasteiger partial charge in [-0.1, -0.05) is 43.2 Å². The van der Waals surface area contributed by atoms with Gasteiger partial charge in [-0.15, -0.1) is 0 Å². The fraction of sp³-hybridized carbons (Fsp3) is 0.467. The average molecular weight is 232 g/mol. The van der Waals surface area contributed by atoms with E-state index in [4.69, 9.17) is 0 Å². The molecule has 1 atom stereocenters. The SMILES string of the molecule is O=CCC(C=O)CCCCCc1ccccc1. The highest BCUT2D eigenvalue weighted by Crippen LogP contribution is 2.12. The van der Waals surface area contributed by atoms with Crippen LogP contribution < -0.4 is 0 Å². The summed E-state index contributed by atoms with van der Waals surface area (Å²) in [4.78, 5) is 20.9. The number of hydrogen-bond acceptors (Lipinski definition) is 2. The zero-order valence-corrected chi connectivity index (χ0v) is 10.2. The molecule has 1 unspecified atom stereocenters. The van der Waals surface area contributed by atoms with Gasteiger partial charge < -0.3 is 9.59 Å². The van der Waals surface area contributed by atoms with E-state index in [1.54, 1.807) is 0 Å². The van der Waals surface area contributed by atoms with Crippen molar-refractivity contribution in [2.75, 3.05) is 0 Å². The van der Waals surface area contributed by atoms with Gasteiger partial charge in [0.15, 0.2) is 0 Å². The van der Waals surface area contributed by atoms with Crippen molar-refractivity contribution >= 4 is 12.6 Å². The lowest BCUT2D eigenvalue weighted by molar-refractivity contribution is -0.115. The van der Waals surface area contributed by atoms with Gasteiger partial charge >= 0.3 is 0 Å². The van der Waals surface area contributed by atoms with Crippen LogP contribution in [0.3, 0.4) is 0 Å². The Morgan fingerprint density at radius 1 is 1.00 bits per heavy atom. The molecule has 0 aliphatic rings. The third kappa shape index (κ3) is 6.00. The zero-order chi connectivity index (χ0) is 12.3. The zero-order valence-electron chi connectivity index (χ0n) is 10.2. The molecule has 92 valence electrons. The van der Waals surface area contributed by atoms with Gasteiger partial charge in [-0.3, -0.25) is 0 Å². The molecule has 2 nitrogen and oxygen atoms in total. The number of aryl methyl sites for hydroxylation is 1. The summed E-state index contributed by atoms with van der Waals surface area (Å²) in [5.41, 5.74) is 1.37. The van der Waals surface area contributed by atoms with Crippen molar-refractivity contribution in [2.45, 2.75) is 38.5 Å². The summed E-state index contributed by atoms with van der Waals surface area (Å²) in [7, 11) is 0. The highest BCUT2D eigenvalue weighted by atomic mass is 16.1. The molecule has 0 radical (unpaired) electrons. The summed E-state index contributed by atoms with van der Waals surface area (Å²) in [5.74, 6) is -0.0655. The smallest absolute Gasteiger partial charge is 0.123 e. The molecule has 17 heavy (non-hydrogen) atoms. The highest BCUT2D eigenvalue weighted by molar-refractivity contribution is 5.61. The molecule has 0 saturated heterocycles. The maximum absolute atomic E-state index is 10.6. The summed E-state index contributed by atoms with van der Waals surface area (Å²) in [5, 5.41) is 0. The van der Waals surface area contributed by atoms with Crippen LogP contribution in [0.4, 0.5) is 0 Å². The standard InChI is InChI=1S/C15H20O2/c16-12-11-15(13-17)10-6-2-5-9-14-7-3-1-4-8-14/h1,3-4,7-8,12-13,15H,2,5-6,9-11H2. The lowest BCUT2D eigenvalue weighted by Crippen LogP contribution is -2.02. The van der Waals surface area contributed by atoms with Gasteiger partial charge in [0, 0.05) is 12.3 Å². The lowest BCUT2D eigenvalue weighted by atomic mass is 9.99. The Balaban J connectivity index is 2.08. The van der Waals surface area contributed by atoms with Gasteiger partial charge in [0.1, 0.15) is 12.6 Å². The Morgan fingerprint density at radius 3 is 2.41 bits per heavy atom. The summed E-state index contributed by atoms with van der Waals surface area (Å²) < 4.78 is 0. The molecule has 0 bridgehead atoms. The van der Waals surface area contributed by atoms with E-state index < -0.39 is 0 Å². The van der Waals surface area contributed by atoms with Crippen LogP contribution in [0.25, 0.3) is 0 Å². The van der Waals surface area contributed by atoms with Gasteiger partial charge in [-0.25, -0.2) is 0 Å². The summed E-state index contributed by atoms with van der Waals surface area (Å²) >= 11 is 0. The Kier molecular flexibility index (Phi) is 6.96. The minimum Gasteiger partial charge on any atom is -0.303 e. The Hall–Kier alpha value is -1.44. The van der Waals surface area contributed by atoms with Crippen molar-refractivity contribution in [3.63, 3.8) is 0 Å². The van der Waals surface area contributed by atoms with E-state index >= 15 is 0 Å². The van der Waals surface area contributed by atoms with Gasteiger partial charge in [0.25, 0.3) is 0 Å². The van der Waals surface area contributed by atoms with Crippen molar-refractivity contribution in [2.24, 2.45) is 5.92 Å². The number of rotatable bonds is 9. The first kappa shape index (κ1) is 13.6. The molecule has 0 spiro atoms. The monoisotopic (exact) mass is 232 g/mol. The van der Waals surface area contributed by atoms with Crippen molar-refractivity contribution in [1.82, 2.24) is 0 Å². The van der Waals surface area contributed by atoms with E-state index in [1.807, 2.05) is 6.07 Å².